The third kappa shape index (κ3) is 6.34. The lowest BCUT2D eigenvalue weighted by Crippen LogP contribution is -2.47. The Balaban J connectivity index is 2.14. The SMILES string of the molecule is CSCCC(NS(=O)(=O)c1ccccc1)C(=O)N(C)Cc1ccc(F)cc1. The van der Waals surface area contributed by atoms with Crippen LogP contribution in [0.5, 0.6) is 0 Å². The number of halogens is 1. The van der Waals surface area contributed by atoms with Crippen molar-refractivity contribution in [2.75, 3.05) is 19.1 Å². The van der Waals surface area contributed by atoms with E-state index in [2.05, 4.69) is 4.72 Å². The Bertz CT molecular complexity index is 843. The maximum Gasteiger partial charge on any atom is 0.241 e. The van der Waals surface area contributed by atoms with Gasteiger partial charge in [0.25, 0.3) is 0 Å². The van der Waals surface area contributed by atoms with Gasteiger partial charge in [-0.25, -0.2) is 12.8 Å². The third-order valence-electron chi connectivity index (χ3n) is 3.97. The fraction of sp³-hybridized carbons (Fsp3) is 0.316. The summed E-state index contributed by atoms with van der Waals surface area (Å²) in [4.78, 5) is 14.4. The van der Waals surface area contributed by atoms with Gasteiger partial charge in [0.2, 0.25) is 15.9 Å². The van der Waals surface area contributed by atoms with Crippen molar-refractivity contribution in [1.82, 2.24) is 9.62 Å². The summed E-state index contributed by atoms with van der Waals surface area (Å²) in [6.45, 7) is 0.266. The van der Waals surface area contributed by atoms with Gasteiger partial charge < -0.3 is 4.90 Å². The minimum atomic E-state index is -3.80. The van der Waals surface area contributed by atoms with Crippen LogP contribution in [0.4, 0.5) is 4.39 Å². The van der Waals surface area contributed by atoms with Crippen LogP contribution in [0, 0.1) is 5.82 Å². The van der Waals surface area contributed by atoms with Gasteiger partial charge in [-0.1, -0.05) is 30.3 Å². The van der Waals surface area contributed by atoms with Crippen LogP contribution in [-0.4, -0.2) is 44.3 Å². The van der Waals surface area contributed by atoms with Crippen LogP contribution in [0.25, 0.3) is 0 Å². The molecule has 8 heteroatoms. The van der Waals surface area contributed by atoms with E-state index in [4.69, 9.17) is 0 Å². The molecule has 1 amide bonds. The number of carbonyl (C=O) groups excluding carboxylic acids is 1. The molecule has 1 unspecified atom stereocenters. The lowest BCUT2D eigenvalue weighted by atomic mass is 10.1. The summed E-state index contributed by atoms with van der Waals surface area (Å²) in [6.07, 6.45) is 2.27. The Kier molecular flexibility index (Phi) is 7.82. The molecule has 2 rings (SSSR count). The zero-order chi connectivity index (χ0) is 19.9. The van der Waals surface area contributed by atoms with E-state index in [9.17, 15) is 17.6 Å². The van der Waals surface area contributed by atoms with E-state index >= 15 is 0 Å². The highest BCUT2D eigenvalue weighted by molar-refractivity contribution is 7.98. The molecule has 0 aliphatic heterocycles. The van der Waals surface area contributed by atoms with Crippen LogP contribution in [0.3, 0.4) is 0 Å². The summed E-state index contributed by atoms with van der Waals surface area (Å²) in [5.74, 6) is -0.0351. The van der Waals surface area contributed by atoms with Crippen molar-refractivity contribution in [3.05, 3.63) is 66.0 Å². The molecule has 0 radical (unpaired) electrons. The van der Waals surface area contributed by atoms with E-state index < -0.39 is 16.1 Å². The number of hydrogen-bond donors (Lipinski definition) is 1. The molecule has 0 aromatic heterocycles. The summed E-state index contributed by atoms with van der Waals surface area (Å²) in [6, 6.07) is 13.0. The van der Waals surface area contributed by atoms with Crippen molar-refractivity contribution in [2.24, 2.45) is 0 Å². The van der Waals surface area contributed by atoms with E-state index in [0.717, 1.165) is 5.56 Å². The normalized spacial score (nSPS) is 12.6. The molecule has 0 saturated carbocycles. The van der Waals surface area contributed by atoms with E-state index in [1.807, 2.05) is 6.26 Å². The van der Waals surface area contributed by atoms with Crippen LogP contribution in [0.1, 0.15) is 12.0 Å². The topological polar surface area (TPSA) is 66.5 Å². The average Bonchev–Trinajstić information content (AvgIpc) is 2.67. The lowest BCUT2D eigenvalue weighted by Gasteiger charge is -2.24. The molecule has 0 aliphatic carbocycles. The van der Waals surface area contributed by atoms with Crippen LogP contribution in [0.15, 0.2) is 59.5 Å². The standard InChI is InChI=1S/C19H23FN2O3S2/c1-22(14-15-8-10-16(20)11-9-15)19(23)18(12-13-26-2)21-27(24,25)17-6-4-3-5-7-17/h3-11,18,21H,12-14H2,1-2H3. The zero-order valence-electron chi connectivity index (χ0n) is 15.3. The van der Waals surface area contributed by atoms with E-state index in [1.165, 1.54) is 40.9 Å². The molecule has 2 aromatic rings. The monoisotopic (exact) mass is 410 g/mol. The van der Waals surface area contributed by atoms with Gasteiger partial charge in [0.05, 0.1) is 4.90 Å². The molecule has 5 nitrogen and oxygen atoms in total. The zero-order valence-corrected chi connectivity index (χ0v) is 16.9. The summed E-state index contributed by atoms with van der Waals surface area (Å²) in [5, 5.41) is 0. The summed E-state index contributed by atoms with van der Waals surface area (Å²) >= 11 is 1.54. The van der Waals surface area contributed by atoms with Gasteiger partial charge in [0.15, 0.2) is 0 Å². The second kappa shape index (κ2) is 9.87. The molecule has 0 bridgehead atoms. The fourth-order valence-electron chi connectivity index (χ4n) is 2.53. The number of likely N-dealkylation sites (N-methyl/N-ethyl adjacent to an activating group) is 1. The maximum absolute atomic E-state index is 13.0. The smallest absolute Gasteiger partial charge is 0.241 e. The predicted octanol–water partition coefficient (Wildman–Crippen LogP) is 2.88. The summed E-state index contributed by atoms with van der Waals surface area (Å²) in [5.41, 5.74) is 0.766. The Morgan fingerprint density at radius 1 is 1.15 bits per heavy atom. The van der Waals surface area contributed by atoms with Crippen molar-refractivity contribution in [3.63, 3.8) is 0 Å². The van der Waals surface area contributed by atoms with Gasteiger partial charge >= 0.3 is 0 Å². The Morgan fingerprint density at radius 2 is 1.78 bits per heavy atom. The van der Waals surface area contributed by atoms with Gasteiger partial charge in [-0.05, 0) is 48.3 Å². The first-order valence-corrected chi connectivity index (χ1v) is 11.3. The molecular formula is C19H23FN2O3S2. The van der Waals surface area contributed by atoms with Crippen LogP contribution in [-0.2, 0) is 21.4 Å². The first kappa shape index (κ1) is 21.4. The minimum absolute atomic E-state index is 0.119. The van der Waals surface area contributed by atoms with Gasteiger partial charge in [-0.3, -0.25) is 4.79 Å². The molecule has 0 spiro atoms. The van der Waals surface area contributed by atoms with Crippen LogP contribution >= 0.6 is 11.8 Å². The Hall–Kier alpha value is -1.90. The van der Waals surface area contributed by atoms with Crippen LogP contribution < -0.4 is 4.72 Å². The van der Waals surface area contributed by atoms with Gasteiger partial charge in [-0.15, -0.1) is 0 Å². The second-order valence-electron chi connectivity index (χ2n) is 6.09. The molecule has 1 N–H and O–H groups in total. The second-order valence-corrected chi connectivity index (χ2v) is 8.79. The van der Waals surface area contributed by atoms with Crippen molar-refractivity contribution in [1.29, 1.82) is 0 Å². The average molecular weight is 411 g/mol. The molecule has 2 aromatic carbocycles. The number of amides is 1. The highest BCUT2D eigenvalue weighted by Gasteiger charge is 2.27. The largest absolute Gasteiger partial charge is 0.340 e. The van der Waals surface area contributed by atoms with E-state index in [-0.39, 0.29) is 23.2 Å². The van der Waals surface area contributed by atoms with Gasteiger partial charge in [0, 0.05) is 13.6 Å². The van der Waals surface area contributed by atoms with Gasteiger partial charge in [-0.2, -0.15) is 16.5 Å². The van der Waals surface area contributed by atoms with E-state index in [0.29, 0.717) is 12.2 Å². The Morgan fingerprint density at radius 3 is 2.37 bits per heavy atom. The Labute approximate surface area is 164 Å². The number of hydrogen-bond acceptors (Lipinski definition) is 4. The summed E-state index contributed by atoms with van der Waals surface area (Å²) in [7, 11) is -2.20. The van der Waals surface area contributed by atoms with E-state index in [1.54, 1.807) is 37.4 Å². The molecule has 0 saturated heterocycles. The number of carbonyl (C=O) groups is 1. The van der Waals surface area contributed by atoms with Crippen molar-refractivity contribution in [3.8, 4) is 0 Å². The molecular weight excluding hydrogens is 387 g/mol. The van der Waals surface area contributed by atoms with Crippen molar-refractivity contribution < 1.29 is 17.6 Å². The number of sulfonamides is 1. The maximum atomic E-state index is 13.0. The number of rotatable bonds is 9. The molecule has 0 heterocycles. The minimum Gasteiger partial charge on any atom is -0.340 e. The molecule has 146 valence electrons. The first-order valence-electron chi connectivity index (χ1n) is 8.39. The number of nitrogens with zero attached hydrogens (tertiary/aromatic N) is 1. The summed E-state index contributed by atoms with van der Waals surface area (Å²) < 4.78 is 40.8. The molecule has 0 aliphatic rings. The number of thioether (sulfide) groups is 1. The molecule has 1 atom stereocenters. The number of nitrogens with one attached hydrogen (secondary N) is 1. The van der Waals surface area contributed by atoms with Crippen molar-refractivity contribution in [2.45, 2.75) is 23.9 Å². The third-order valence-corrected chi connectivity index (χ3v) is 6.10. The highest BCUT2D eigenvalue weighted by atomic mass is 32.2. The van der Waals surface area contributed by atoms with Crippen molar-refractivity contribution >= 4 is 27.7 Å². The molecule has 0 fully saturated rings. The lowest BCUT2D eigenvalue weighted by molar-refractivity contribution is -0.132. The predicted molar refractivity (Wildman–Crippen MR) is 106 cm³/mol. The fourth-order valence-corrected chi connectivity index (χ4v) is 4.25. The molecule has 27 heavy (non-hydrogen) atoms. The quantitative estimate of drug-likeness (QED) is 0.690. The van der Waals surface area contributed by atoms with Gasteiger partial charge in [0.1, 0.15) is 11.9 Å². The highest BCUT2D eigenvalue weighted by Crippen LogP contribution is 2.13. The number of benzene rings is 2. The van der Waals surface area contributed by atoms with Crippen LogP contribution in [0.2, 0.25) is 0 Å². The first-order chi connectivity index (χ1) is 12.8.